The first-order valence-electron chi connectivity index (χ1n) is 9.81. The fourth-order valence-corrected chi connectivity index (χ4v) is 5.06. The molecule has 0 aliphatic carbocycles. The van der Waals surface area contributed by atoms with Gasteiger partial charge in [0.05, 0.1) is 23.5 Å². The number of fused-ring (bicyclic) bond motifs is 1. The van der Waals surface area contributed by atoms with Crippen LogP contribution in [-0.2, 0) is 12.6 Å². The van der Waals surface area contributed by atoms with E-state index in [1.807, 2.05) is 10.2 Å². The number of hydrogen-bond acceptors (Lipinski definition) is 5. The van der Waals surface area contributed by atoms with E-state index < -0.39 is 30.2 Å². The molecule has 4 rings (SSSR count). The predicted molar refractivity (Wildman–Crippen MR) is 123 cm³/mol. The molecule has 1 unspecified atom stereocenters. The van der Waals surface area contributed by atoms with Gasteiger partial charge in [0, 0.05) is 49.6 Å². The summed E-state index contributed by atoms with van der Waals surface area (Å²) in [7, 11) is 1.42. The van der Waals surface area contributed by atoms with Gasteiger partial charge in [-0.3, -0.25) is 8.87 Å². The highest BCUT2D eigenvalue weighted by atomic mass is 127. The second kappa shape index (κ2) is 9.29. The van der Waals surface area contributed by atoms with E-state index in [9.17, 15) is 22.0 Å². The van der Waals surface area contributed by atoms with E-state index in [1.165, 1.54) is 27.6 Å². The molecule has 32 heavy (non-hydrogen) atoms. The Hall–Kier alpha value is -1.67. The van der Waals surface area contributed by atoms with E-state index >= 15 is 0 Å². The Labute approximate surface area is 197 Å². The average molecular weight is 583 g/mol. The van der Waals surface area contributed by atoms with Crippen molar-refractivity contribution in [1.29, 1.82) is 0 Å². The molecule has 0 bridgehead atoms. The lowest BCUT2D eigenvalue weighted by atomic mass is 9.99. The molecule has 0 spiro atoms. The van der Waals surface area contributed by atoms with Gasteiger partial charge in [0.15, 0.2) is 5.65 Å². The quantitative estimate of drug-likeness (QED) is 0.300. The SMILES string of the molecule is FC(F)(F)c1ccc(CCN2CCC(Nc3ncnc4c3ccn4SI)C(F)(F)C2)cc1. The first-order valence-corrected chi connectivity index (χ1v) is 13.1. The lowest BCUT2D eigenvalue weighted by Crippen LogP contribution is -2.54. The van der Waals surface area contributed by atoms with E-state index in [-0.39, 0.29) is 6.42 Å². The van der Waals surface area contributed by atoms with Crippen LogP contribution in [-0.4, -0.2) is 50.4 Å². The maximum absolute atomic E-state index is 14.9. The van der Waals surface area contributed by atoms with Gasteiger partial charge in [-0.2, -0.15) is 13.2 Å². The van der Waals surface area contributed by atoms with Crippen LogP contribution >= 0.6 is 30.3 Å². The van der Waals surface area contributed by atoms with Crippen molar-refractivity contribution in [2.45, 2.75) is 31.0 Å². The largest absolute Gasteiger partial charge is 0.416 e. The highest BCUT2D eigenvalue weighted by molar-refractivity contribution is 14.2. The molecule has 1 N–H and O–H groups in total. The summed E-state index contributed by atoms with van der Waals surface area (Å²) in [5, 5.41) is 3.58. The van der Waals surface area contributed by atoms with Crippen LogP contribution in [0, 0.1) is 0 Å². The van der Waals surface area contributed by atoms with Gasteiger partial charge in [-0.15, -0.1) is 0 Å². The molecule has 1 atom stereocenters. The zero-order valence-corrected chi connectivity index (χ0v) is 19.6. The first-order chi connectivity index (χ1) is 15.2. The Morgan fingerprint density at radius 2 is 1.91 bits per heavy atom. The Bertz CT molecular complexity index is 1070. The van der Waals surface area contributed by atoms with Crippen LogP contribution in [0.15, 0.2) is 42.9 Å². The minimum absolute atomic E-state index is 0.216. The van der Waals surface area contributed by atoms with Crippen LogP contribution in [0.4, 0.5) is 27.8 Å². The molecule has 12 heteroatoms. The van der Waals surface area contributed by atoms with Gasteiger partial charge >= 0.3 is 6.18 Å². The maximum atomic E-state index is 14.9. The van der Waals surface area contributed by atoms with Crippen LogP contribution in [0.1, 0.15) is 17.5 Å². The molecule has 1 fully saturated rings. The average Bonchev–Trinajstić information content (AvgIpc) is 3.17. The molecule has 0 saturated carbocycles. The van der Waals surface area contributed by atoms with Crippen LogP contribution in [0.25, 0.3) is 11.0 Å². The number of nitrogens with zero attached hydrogens (tertiary/aromatic N) is 4. The summed E-state index contributed by atoms with van der Waals surface area (Å²) in [6.07, 6.45) is -0.606. The molecule has 1 saturated heterocycles. The molecular formula is C20H19F5IN5S. The standard InChI is InChI=1S/C20H19F5IN5S/c21-19(22)11-30(8-5-13-1-3-14(4-2-13)20(23,24)25)9-7-16(19)29-17-15-6-10-31(32-26)18(15)28-12-27-17/h1-4,6,10,12,16H,5,7-9,11H2,(H,27,28,29). The van der Waals surface area contributed by atoms with E-state index in [2.05, 4.69) is 36.5 Å². The number of benzene rings is 1. The Morgan fingerprint density at radius 1 is 1.16 bits per heavy atom. The lowest BCUT2D eigenvalue weighted by Gasteiger charge is -2.38. The highest BCUT2D eigenvalue weighted by Gasteiger charge is 2.44. The number of alkyl halides is 5. The molecule has 1 aromatic carbocycles. The van der Waals surface area contributed by atoms with Gasteiger partial charge < -0.3 is 5.32 Å². The van der Waals surface area contributed by atoms with Crippen molar-refractivity contribution in [3.8, 4) is 0 Å². The first kappa shape index (κ1) is 23.5. The molecule has 1 aliphatic heterocycles. The molecule has 3 aromatic rings. The Kier molecular flexibility index (Phi) is 6.82. The van der Waals surface area contributed by atoms with E-state index in [1.54, 1.807) is 11.0 Å². The van der Waals surface area contributed by atoms with Gasteiger partial charge in [-0.25, -0.2) is 18.7 Å². The van der Waals surface area contributed by atoms with Crippen molar-refractivity contribution in [3.63, 3.8) is 0 Å². The smallest absolute Gasteiger partial charge is 0.361 e. The van der Waals surface area contributed by atoms with Crippen LogP contribution in [0.5, 0.6) is 0 Å². The Morgan fingerprint density at radius 3 is 2.56 bits per heavy atom. The molecule has 172 valence electrons. The molecule has 3 heterocycles. The number of rotatable bonds is 6. The summed E-state index contributed by atoms with van der Waals surface area (Å²) < 4.78 is 69.6. The van der Waals surface area contributed by atoms with E-state index in [0.717, 1.165) is 12.1 Å². The second-order valence-corrected chi connectivity index (χ2v) is 9.35. The molecule has 2 aromatic heterocycles. The summed E-state index contributed by atoms with van der Waals surface area (Å²) in [6.45, 7) is 0.373. The second-order valence-electron chi connectivity index (χ2n) is 7.64. The molecule has 1 aliphatic rings. The minimum Gasteiger partial charge on any atom is -0.361 e. The van der Waals surface area contributed by atoms with Crippen LogP contribution in [0.3, 0.4) is 0 Å². The normalized spacial score (nSPS) is 19.4. The van der Waals surface area contributed by atoms with Crippen molar-refractivity contribution in [1.82, 2.24) is 18.8 Å². The monoisotopic (exact) mass is 583 g/mol. The third-order valence-corrected chi connectivity index (χ3v) is 7.23. The fourth-order valence-electron chi connectivity index (χ4n) is 3.79. The summed E-state index contributed by atoms with van der Waals surface area (Å²) in [5.74, 6) is -2.61. The maximum Gasteiger partial charge on any atom is 0.416 e. The number of nitrogens with one attached hydrogen (secondary N) is 1. The van der Waals surface area contributed by atoms with Crippen LogP contribution in [0.2, 0.25) is 0 Å². The molecule has 0 radical (unpaired) electrons. The summed E-state index contributed by atoms with van der Waals surface area (Å²) >= 11 is 2.11. The van der Waals surface area contributed by atoms with Crippen molar-refractivity contribution in [2.24, 2.45) is 0 Å². The van der Waals surface area contributed by atoms with E-state index in [0.29, 0.717) is 41.9 Å². The fraction of sp³-hybridized carbons (Fsp3) is 0.400. The van der Waals surface area contributed by atoms with Gasteiger partial charge in [-0.05, 0) is 36.6 Å². The molecular weight excluding hydrogens is 564 g/mol. The van der Waals surface area contributed by atoms with Crippen molar-refractivity contribution >= 4 is 47.2 Å². The molecule has 0 amide bonds. The number of aromatic nitrogens is 3. The minimum atomic E-state index is -4.39. The third-order valence-electron chi connectivity index (χ3n) is 5.51. The number of hydrogen-bond donors (Lipinski definition) is 1. The number of likely N-dealkylation sites (tertiary alicyclic amines) is 1. The molecule has 5 nitrogen and oxygen atoms in total. The number of anilines is 1. The van der Waals surface area contributed by atoms with Crippen molar-refractivity contribution in [3.05, 3.63) is 54.0 Å². The van der Waals surface area contributed by atoms with Gasteiger partial charge in [0.2, 0.25) is 0 Å². The summed E-state index contributed by atoms with van der Waals surface area (Å²) in [6, 6.07) is 5.56. The summed E-state index contributed by atoms with van der Waals surface area (Å²) in [4.78, 5) is 10.0. The van der Waals surface area contributed by atoms with E-state index in [4.69, 9.17) is 0 Å². The van der Waals surface area contributed by atoms with Crippen molar-refractivity contribution < 1.29 is 22.0 Å². The van der Waals surface area contributed by atoms with Crippen molar-refractivity contribution in [2.75, 3.05) is 25.0 Å². The van der Waals surface area contributed by atoms with Gasteiger partial charge in [0.25, 0.3) is 5.92 Å². The Balaban J connectivity index is 1.37. The predicted octanol–water partition coefficient (Wildman–Crippen LogP) is 5.66. The van der Waals surface area contributed by atoms with Crippen LogP contribution < -0.4 is 5.32 Å². The summed E-state index contributed by atoms with van der Waals surface area (Å²) in [5.41, 5.74) is 0.618. The number of piperidine rings is 1. The topological polar surface area (TPSA) is 46.0 Å². The number of halogens is 6. The highest BCUT2D eigenvalue weighted by Crippen LogP contribution is 2.33. The zero-order valence-electron chi connectivity index (χ0n) is 16.6. The zero-order chi connectivity index (χ0) is 22.9. The van der Waals surface area contributed by atoms with Gasteiger partial charge in [-0.1, -0.05) is 12.1 Å². The van der Waals surface area contributed by atoms with Gasteiger partial charge in [0.1, 0.15) is 12.1 Å². The third kappa shape index (κ3) is 5.11. The lowest BCUT2D eigenvalue weighted by molar-refractivity contribution is -0.137.